The Morgan fingerprint density at radius 1 is 1.40 bits per heavy atom. The molecule has 0 aromatic carbocycles. The molecule has 0 aliphatic heterocycles. The molecule has 1 saturated carbocycles. The number of halogens is 3. The largest absolute Gasteiger partial charge is 0.471 e. The van der Waals surface area contributed by atoms with Crippen LogP contribution in [0.3, 0.4) is 0 Å². The Bertz CT molecular complexity index is 274. The fourth-order valence-corrected chi connectivity index (χ4v) is 1.00. The van der Waals surface area contributed by atoms with E-state index in [1.54, 1.807) is 0 Å². The lowest BCUT2D eigenvalue weighted by Gasteiger charge is -2.17. The van der Waals surface area contributed by atoms with Crippen LogP contribution in [0.1, 0.15) is 12.8 Å². The maximum Gasteiger partial charge on any atom is 0.471 e. The quantitative estimate of drug-likeness (QED) is 0.748. The molecule has 1 N–H and O–H groups in total. The van der Waals surface area contributed by atoms with Crippen molar-refractivity contribution in [2.24, 2.45) is 0 Å². The molecule has 0 saturated heterocycles. The highest BCUT2D eigenvalue weighted by Crippen LogP contribution is 2.19. The van der Waals surface area contributed by atoms with Crippen molar-refractivity contribution in [2.75, 3.05) is 13.6 Å². The molecule has 0 bridgehead atoms. The van der Waals surface area contributed by atoms with Gasteiger partial charge in [-0.05, 0) is 12.8 Å². The van der Waals surface area contributed by atoms with Crippen LogP contribution >= 0.6 is 0 Å². The number of carbonyl (C=O) groups is 2. The van der Waals surface area contributed by atoms with E-state index in [-0.39, 0.29) is 6.04 Å². The van der Waals surface area contributed by atoms with Gasteiger partial charge in [-0.1, -0.05) is 0 Å². The van der Waals surface area contributed by atoms with Crippen LogP contribution in [0.15, 0.2) is 0 Å². The summed E-state index contributed by atoms with van der Waals surface area (Å²) in [6.45, 7) is -0.561. The molecule has 1 rings (SSSR count). The van der Waals surface area contributed by atoms with Gasteiger partial charge >= 0.3 is 12.1 Å². The van der Waals surface area contributed by atoms with Gasteiger partial charge in [0, 0.05) is 13.1 Å². The van der Waals surface area contributed by atoms with Crippen molar-refractivity contribution in [2.45, 2.75) is 25.1 Å². The Morgan fingerprint density at radius 3 is 2.33 bits per heavy atom. The average Bonchev–Trinajstić information content (AvgIpc) is 2.84. The van der Waals surface area contributed by atoms with Gasteiger partial charge in [0.2, 0.25) is 5.91 Å². The van der Waals surface area contributed by atoms with Crippen molar-refractivity contribution in [3.8, 4) is 0 Å². The van der Waals surface area contributed by atoms with E-state index in [4.69, 9.17) is 0 Å². The number of rotatable bonds is 3. The van der Waals surface area contributed by atoms with Crippen LogP contribution in [-0.4, -0.2) is 42.5 Å². The van der Waals surface area contributed by atoms with E-state index < -0.39 is 24.5 Å². The Labute approximate surface area is 84.4 Å². The minimum Gasteiger partial charge on any atom is -0.352 e. The predicted octanol–water partition coefficient (Wildman–Crippen LogP) is 0.286. The molecule has 2 amide bonds. The highest BCUT2D eigenvalue weighted by Gasteiger charge is 2.41. The Morgan fingerprint density at radius 2 is 1.93 bits per heavy atom. The van der Waals surface area contributed by atoms with E-state index >= 15 is 0 Å². The van der Waals surface area contributed by atoms with Crippen molar-refractivity contribution >= 4 is 11.8 Å². The topological polar surface area (TPSA) is 49.4 Å². The summed E-state index contributed by atoms with van der Waals surface area (Å²) in [7, 11) is 0.947. The zero-order valence-electron chi connectivity index (χ0n) is 8.10. The molecule has 0 radical (unpaired) electrons. The number of amides is 2. The second-order valence-electron chi connectivity index (χ2n) is 3.50. The summed E-state index contributed by atoms with van der Waals surface area (Å²) in [5, 5.41) is 2.49. The third kappa shape index (κ3) is 3.77. The van der Waals surface area contributed by atoms with Crippen LogP contribution in [0.5, 0.6) is 0 Å². The number of hydrogen-bond donors (Lipinski definition) is 1. The minimum atomic E-state index is -4.92. The maximum atomic E-state index is 11.9. The van der Waals surface area contributed by atoms with Crippen molar-refractivity contribution < 1.29 is 22.8 Å². The predicted molar refractivity (Wildman–Crippen MR) is 44.9 cm³/mol. The number of hydrogen-bond acceptors (Lipinski definition) is 2. The van der Waals surface area contributed by atoms with Crippen LogP contribution in [0.2, 0.25) is 0 Å². The number of carbonyl (C=O) groups excluding carboxylic acids is 2. The molecular formula is C8H11F3N2O2. The van der Waals surface area contributed by atoms with E-state index in [0.717, 1.165) is 19.9 Å². The molecule has 86 valence electrons. The van der Waals surface area contributed by atoms with Crippen LogP contribution in [0.25, 0.3) is 0 Å². The first kappa shape index (κ1) is 11.8. The van der Waals surface area contributed by atoms with Crippen LogP contribution in [-0.2, 0) is 9.59 Å². The maximum absolute atomic E-state index is 11.9. The van der Waals surface area contributed by atoms with Gasteiger partial charge in [-0.2, -0.15) is 13.2 Å². The third-order valence-electron chi connectivity index (χ3n) is 1.91. The molecule has 15 heavy (non-hydrogen) atoms. The standard InChI is InChI=1S/C8H11F3N2O2/c1-13(7(15)8(9,10)11)4-6(14)12-5-2-3-5/h5H,2-4H2,1H3,(H,12,14). The Balaban J connectivity index is 2.36. The first-order valence-electron chi connectivity index (χ1n) is 4.42. The first-order chi connectivity index (χ1) is 6.80. The summed E-state index contributed by atoms with van der Waals surface area (Å²) in [5.74, 6) is -2.56. The highest BCUT2D eigenvalue weighted by molar-refractivity contribution is 5.87. The molecule has 1 aliphatic carbocycles. The Hall–Kier alpha value is -1.27. The molecular weight excluding hydrogens is 213 g/mol. The summed E-state index contributed by atoms with van der Waals surface area (Å²) in [5.41, 5.74) is 0. The second kappa shape index (κ2) is 4.08. The fourth-order valence-electron chi connectivity index (χ4n) is 1.00. The molecule has 0 atom stereocenters. The van der Waals surface area contributed by atoms with Gasteiger partial charge in [0.15, 0.2) is 0 Å². The molecule has 0 aromatic heterocycles. The van der Waals surface area contributed by atoms with E-state index in [1.807, 2.05) is 0 Å². The highest BCUT2D eigenvalue weighted by atomic mass is 19.4. The smallest absolute Gasteiger partial charge is 0.352 e. The lowest BCUT2D eigenvalue weighted by Crippen LogP contribution is -2.44. The summed E-state index contributed by atoms with van der Waals surface area (Å²) >= 11 is 0. The molecule has 4 nitrogen and oxygen atoms in total. The molecule has 0 aromatic rings. The monoisotopic (exact) mass is 224 g/mol. The second-order valence-corrected chi connectivity index (χ2v) is 3.50. The number of alkyl halides is 3. The van der Waals surface area contributed by atoms with Crippen molar-refractivity contribution in [1.29, 1.82) is 0 Å². The Kier molecular flexibility index (Phi) is 3.21. The van der Waals surface area contributed by atoms with E-state index in [2.05, 4.69) is 5.32 Å². The van der Waals surface area contributed by atoms with E-state index in [1.165, 1.54) is 0 Å². The van der Waals surface area contributed by atoms with Gasteiger partial charge in [-0.25, -0.2) is 0 Å². The van der Waals surface area contributed by atoms with Gasteiger partial charge in [0.25, 0.3) is 0 Å². The van der Waals surface area contributed by atoms with Gasteiger partial charge in [0.05, 0.1) is 6.54 Å². The summed E-state index contributed by atoms with van der Waals surface area (Å²) < 4.78 is 35.7. The number of nitrogens with one attached hydrogen (secondary N) is 1. The molecule has 1 aliphatic rings. The van der Waals surface area contributed by atoms with Crippen molar-refractivity contribution in [1.82, 2.24) is 10.2 Å². The lowest BCUT2D eigenvalue weighted by atomic mass is 10.4. The number of likely N-dealkylation sites (N-methyl/N-ethyl adjacent to an activating group) is 1. The van der Waals surface area contributed by atoms with Crippen LogP contribution in [0.4, 0.5) is 13.2 Å². The molecule has 0 unspecified atom stereocenters. The molecule has 0 spiro atoms. The normalized spacial score (nSPS) is 16.0. The van der Waals surface area contributed by atoms with Gasteiger partial charge < -0.3 is 10.2 Å². The molecule has 1 fully saturated rings. The van der Waals surface area contributed by atoms with Gasteiger partial charge in [-0.15, -0.1) is 0 Å². The SMILES string of the molecule is CN(CC(=O)NC1CC1)C(=O)C(F)(F)F. The zero-order chi connectivity index (χ0) is 11.6. The van der Waals surface area contributed by atoms with Crippen molar-refractivity contribution in [3.05, 3.63) is 0 Å². The average molecular weight is 224 g/mol. The third-order valence-corrected chi connectivity index (χ3v) is 1.91. The number of nitrogens with zero attached hydrogens (tertiary/aromatic N) is 1. The molecule has 7 heteroatoms. The first-order valence-corrected chi connectivity index (χ1v) is 4.42. The summed E-state index contributed by atoms with van der Waals surface area (Å²) in [4.78, 5) is 22.0. The minimum absolute atomic E-state index is 0.0758. The lowest BCUT2D eigenvalue weighted by molar-refractivity contribution is -0.184. The fraction of sp³-hybridized carbons (Fsp3) is 0.750. The van der Waals surface area contributed by atoms with Crippen LogP contribution < -0.4 is 5.32 Å². The zero-order valence-corrected chi connectivity index (χ0v) is 8.10. The van der Waals surface area contributed by atoms with Gasteiger partial charge in [0.1, 0.15) is 0 Å². The van der Waals surface area contributed by atoms with Crippen molar-refractivity contribution in [3.63, 3.8) is 0 Å². The van der Waals surface area contributed by atoms with E-state index in [0.29, 0.717) is 4.90 Å². The van der Waals surface area contributed by atoms with Crippen LogP contribution in [0, 0.1) is 0 Å². The summed E-state index contributed by atoms with van der Waals surface area (Å²) in [6, 6.07) is 0.0758. The van der Waals surface area contributed by atoms with Gasteiger partial charge in [-0.3, -0.25) is 9.59 Å². The summed E-state index contributed by atoms with van der Waals surface area (Å²) in [6.07, 6.45) is -3.22. The molecule has 0 heterocycles. The van der Waals surface area contributed by atoms with E-state index in [9.17, 15) is 22.8 Å².